The number of carbonyl (C=O) groups is 1. The van der Waals surface area contributed by atoms with Crippen LogP contribution in [0.3, 0.4) is 0 Å². The number of hydrogen-bond donors (Lipinski definition) is 0. The molecule has 0 saturated carbocycles. The third-order valence-corrected chi connectivity index (χ3v) is 4.92. The Bertz CT molecular complexity index is 794. The lowest BCUT2D eigenvalue weighted by Crippen LogP contribution is -2.51. The predicted octanol–water partition coefficient (Wildman–Crippen LogP) is 4.14. The molecule has 0 N–H and O–H groups in total. The zero-order chi connectivity index (χ0) is 19.4. The molecule has 2 aromatic carbocycles. The molecule has 0 bridgehead atoms. The maximum atomic E-state index is 13.3. The number of anilines is 1. The number of nitrogens with zero attached hydrogens (tertiary/aromatic N) is 2. The van der Waals surface area contributed by atoms with Gasteiger partial charge in [-0.05, 0) is 35.9 Å². The van der Waals surface area contributed by atoms with Crippen molar-refractivity contribution in [1.29, 1.82) is 0 Å². The van der Waals surface area contributed by atoms with Crippen molar-refractivity contribution < 1.29 is 18.3 Å². The highest BCUT2D eigenvalue weighted by Gasteiger charge is 2.25. The van der Waals surface area contributed by atoms with Gasteiger partial charge in [0.25, 0.3) is 0 Å². The smallest absolute Gasteiger partial charge is 0.167 e. The number of rotatable bonds is 6. The fraction of sp³-hybridized carbons (Fsp3) is 0.316. The van der Waals surface area contributed by atoms with Crippen LogP contribution in [-0.2, 0) is 16.1 Å². The summed E-state index contributed by atoms with van der Waals surface area (Å²) in [6.07, 6.45) is -0.0835. The second-order valence-electron chi connectivity index (χ2n) is 6.23. The summed E-state index contributed by atoms with van der Waals surface area (Å²) in [7, 11) is 0. The molecule has 0 radical (unpaired) electrons. The fourth-order valence-electron chi connectivity index (χ4n) is 3.06. The van der Waals surface area contributed by atoms with Crippen LogP contribution in [0.5, 0.6) is 0 Å². The maximum Gasteiger partial charge on any atom is 0.167 e. The van der Waals surface area contributed by atoms with Gasteiger partial charge in [0.1, 0.15) is 11.6 Å². The van der Waals surface area contributed by atoms with Crippen LogP contribution < -0.4 is 4.90 Å². The van der Waals surface area contributed by atoms with E-state index in [-0.39, 0.29) is 6.61 Å². The van der Waals surface area contributed by atoms with E-state index in [1.54, 1.807) is 12.1 Å². The maximum absolute atomic E-state index is 13.3. The van der Waals surface area contributed by atoms with Crippen LogP contribution in [0, 0.1) is 11.6 Å². The molecule has 0 amide bonds. The van der Waals surface area contributed by atoms with Crippen molar-refractivity contribution in [2.75, 3.05) is 31.1 Å². The number of ether oxygens (including phenoxy) is 1. The van der Waals surface area contributed by atoms with E-state index in [1.165, 1.54) is 12.1 Å². The number of aldehydes is 1. The van der Waals surface area contributed by atoms with Gasteiger partial charge in [0, 0.05) is 37.3 Å². The molecule has 0 spiro atoms. The minimum Gasteiger partial charge on any atom is -0.368 e. The van der Waals surface area contributed by atoms with E-state index in [0.717, 1.165) is 11.8 Å². The molecule has 27 heavy (non-hydrogen) atoms. The van der Waals surface area contributed by atoms with Crippen molar-refractivity contribution in [2.45, 2.75) is 12.8 Å². The normalized spacial score (nSPS) is 16.4. The lowest BCUT2D eigenvalue weighted by Gasteiger charge is -2.38. The molecule has 0 aromatic heterocycles. The van der Waals surface area contributed by atoms with E-state index < -0.39 is 17.9 Å². The molecule has 1 saturated heterocycles. The molecule has 4 nitrogen and oxygen atoms in total. The van der Waals surface area contributed by atoms with Crippen molar-refractivity contribution in [3.63, 3.8) is 0 Å². The monoisotopic (exact) mass is 414 g/mol. The number of benzene rings is 2. The zero-order valence-corrected chi connectivity index (χ0v) is 15.9. The lowest BCUT2D eigenvalue weighted by atomic mass is 10.2. The summed E-state index contributed by atoms with van der Waals surface area (Å²) in [5.74, 6) is -1.35. The first kappa shape index (κ1) is 20.0. The molecule has 1 atom stereocenters. The van der Waals surface area contributed by atoms with E-state index in [9.17, 15) is 13.6 Å². The first-order valence-electron chi connectivity index (χ1n) is 8.42. The van der Waals surface area contributed by atoms with Crippen molar-refractivity contribution in [1.82, 2.24) is 4.90 Å². The fourth-order valence-corrected chi connectivity index (χ4v) is 3.59. The van der Waals surface area contributed by atoms with Crippen LogP contribution in [0.1, 0.15) is 5.56 Å². The highest BCUT2D eigenvalue weighted by molar-refractivity contribution is 6.36. The van der Waals surface area contributed by atoms with Gasteiger partial charge < -0.3 is 9.64 Å². The Morgan fingerprint density at radius 2 is 1.70 bits per heavy atom. The quantitative estimate of drug-likeness (QED) is 0.665. The molecule has 8 heteroatoms. The van der Waals surface area contributed by atoms with Crippen molar-refractivity contribution in [3.05, 3.63) is 63.6 Å². The zero-order valence-electron chi connectivity index (χ0n) is 14.4. The van der Waals surface area contributed by atoms with Gasteiger partial charge in [-0.3, -0.25) is 9.69 Å². The highest BCUT2D eigenvalue weighted by atomic mass is 35.5. The minimum absolute atomic E-state index is 0.0543. The Morgan fingerprint density at radius 3 is 2.30 bits per heavy atom. The number of halogens is 4. The number of hydrogen-bond acceptors (Lipinski definition) is 4. The first-order valence-corrected chi connectivity index (χ1v) is 9.18. The van der Waals surface area contributed by atoms with Crippen molar-refractivity contribution in [2.24, 2.45) is 0 Å². The summed E-state index contributed by atoms with van der Waals surface area (Å²) >= 11 is 12.2. The lowest BCUT2D eigenvalue weighted by molar-refractivity contribution is -0.133. The Balaban J connectivity index is 1.57. The Labute approximate surface area is 166 Å². The van der Waals surface area contributed by atoms with Gasteiger partial charge in [-0.15, -0.1) is 0 Å². The van der Waals surface area contributed by atoms with E-state index in [1.807, 2.05) is 11.0 Å². The average Bonchev–Trinajstić information content (AvgIpc) is 2.62. The first-order chi connectivity index (χ1) is 13.0. The summed E-state index contributed by atoms with van der Waals surface area (Å²) in [6, 6.07) is 8.51. The SMILES string of the molecule is O=CC(OCc1cc(F)cc(F)c1)N1CCN(c2ccc(Cl)cc2Cl)CC1. The minimum atomic E-state index is -0.779. The molecule has 1 aliphatic rings. The van der Waals surface area contributed by atoms with Crippen LogP contribution in [0.15, 0.2) is 36.4 Å². The summed E-state index contributed by atoms with van der Waals surface area (Å²) in [4.78, 5) is 15.4. The second-order valence-corrected chi connectivity index (χ2v) is 7.08. The van der Waals surface area contributed by atoms with Crippen LogP contribution in [0.25, 0.3) is 0 Å². The Morgan fingerprint density at radius 1 is 1.04 bits per heavy atom. The summed E-state index contributed by atoms with van der Waals surface area (Å²) in [5.41, 5.74) is 1.23. The van der Waals surface area contributed by atoms with Crippen molar-refractivity contribution in [3.8, 4) is 0 Å². The van der Waals surface area contributed by atoms with E-state index >= 15 is 0 Å². The molecule has 144 valence electrons. The van der Waals surface area contributed by atoms with Gasteiger partial charge in [-0.2, -0.15) is 0 Å². The van der Waals surface area contributed by atoms with Gasteiger partial charge in [0.2, 0.25) is 0 Å². The van der Waals surface area contributed by atoms with Crippen LogP contribution in [-0.4, -0.2) is 43.6 Å². The average molecular weight is 415 g/mol. The molecule has 1 fully saturated rings. The molecule has 1 heterocycles. The topological polar surface area (TPSA) is 32.8 Å². The second kappa shape index (κ2) is 8.97. The number of piperazine rings is 1. The van der Waals surface area contributed by atoms with Gasteiger partial charge >= 0.3 is 0 Å². The van der Waals surface area contributed by atoms with Gasteiger partial charge in [-0.1, -0.05) is 23.2 Å². The molecular weight excluding hydrogens is 397 g/mol. The van der Waals surface area contributed by atoms with E-state index in [0.29, 0.717) is 48.1 Å². The van der Waals surface area contributed by atoms with Crippen molar-refractivity contribution >= 4 is 35.2 Å². The van der Waals surface area contributed by atoms with Crippen LogP contribution in [0.2, 0.25) is 10.0 Å². The highest BCUT2D eigenvalue weighted by Crippen LogP contribution is 2.29. The van der Waals surface area contributed by atoms with E-state index in [2.05, 4.69) is 4.90 Å². The predicted molar refractivity (Wildman–Crippen MR) is 101 cm³/mol. The van der Waals surface area contributed by atoms with Gasteiger partial charge in [0.05, 0.1) is 17.3 Å². The molecule has 3 rings (SSSR count). The standard InChI is InChI=1S/C19H18Cl2F2N2O2/c20-14-1-2-18(17(21)9-14)24-3-5-25(6-4-24)19(11-26)27-12-13-7-15(22)10-16(23)8-13/h1-2,7-11,19H,3-6,12H2. The van der Waals surface area contributed by atoms with Crippen LogP contribution in [0.4, 0.5) is 14.5 Å². The van der Waals surface area contributed by atoms with E-state index in [4.69, 9.17) is 27.9 Å². The Kier molecular flexibility index (Phi) is 6.65. The summed E-state index contributed by atoms with van der Waals surface area (Å²) < 4.78 is 32.1. The summed E-state index contributed by atoms with van der Waals surface area (Å²) in [5, 5.41) is 1.15. The third-order valence-electron chi connectivity index (χ3n) is 4.38. The molecule has 1 aliphatic heterocycles. The third kappa shape index (κ3) is 5.17. The van der Waals surface area contributed by atoms with Gasteiger partial charge in [-0.25, -0.2) is 8.78 Å². The number of carbonyl (C=O) groups excluding carboxylic acids is 1. The van der Waals surface area contributed by atoms with Crippen LogP contribution >= 0.6 is 23.2 Å². The Hall–Kier alpha value is -1.73. The largest absolute Gasteiger partial charge is 0.368 e. The molecular formula is C19H18Cl2F2N2O2. The molecule has 2 aromatic rings. The van der Waals surface area contributed by atoms with Gasteiger partial charge in [0.15, 0.2) is 12.5 Å². The molecule has 1 unspecified atom stereocenters. The summed E-state index contributed by atoms with van der Waals surface area (Å²) in [6.45, 7) is 2.42. The molecule has 0 aliphatic carbocycles.